The van der Waals surface area contributed by atoms with E-state index >= 15 is 0 Å². The van der Waals surface area contributed by atoms with Gasteiger partial charge >= 0.3 is 0 Å². The molecule has 66 valence electrons. The zero-order chi connectivity index (χ0) is 9.26. The van der Waals surface area contributed by atoms with Crippen LogP contribution in [0.15, 0.2) is 28.4 Å². The zero-order valence-electron chi connectivity index (χ0n) is 7.26. The first kappa shape index (κ1) is 8.58. The number of rotatable bonds is 0. The Kier molecular flexibility index (Phi) is 2.24. The van der Waals surface area contributed by atoms with Crippen molar-refractivity contribution < 1.29 is 0 Å². The molecule has 2 aliphatic rings. The van der Waals surface area contributed by atoms with Crippen molar-refractivity contribution in [3.05, 3.63) is 23.4 Å². The molecule has 0 fully saturated rings. The standard InChI is InChI=1S/C10H9BrN2/c1-7-4-2-3-5-8-9(6-7)13-10(11)12-8/h4,6,8H,2H2,1H3,(H,12,13)/b7-4-,9-6+. The van der Waals surface area contributed by atoms with Gasteiger partial charge in [0.1, 0.15) is 6.04 Å². The molecule has 1 aliphatic carbocycles. The summed E-state index contributed by atoms with van der Waals surface area (Å²) in [6, 6.07) is 0.0676. The molecule has 0 bridgehead atoms. The van der Waals surface area contributed by atoms with Crippen molar-refractivity contribution in [2.24, 2.45) is 4.99 Å². The van der Waals surface area contributed by atoms with E-state index in [0.29, 0.717) is 0 Å². The highest BCUT2D eigenvalue weighted by Gasteiger charge is 2.19. The lowest BCUT2D eigenvalue weighted by atomic mass is 10.1. The number of fused-ring (bicyclic) bond motifs is 1. The van der Waals surface area contributed by atoms with Crippen LogP contribution in [0.1, 0.15) is 13.3 Å². The smallest absolute Gasteiger partial charge is 0.171 e. The predicted molar refractivity (Wildman–Crippen MR) is 57.5 cm³/mol. The van der Waals surface area contributed by atoms with Crippen molar-refractivity contribution in [2.45, 2.75) is 19.4 Å². The summed E-state index contributed by atoms with van der Waals surface area (Å²) in [7, 11) is 0. The van der Waals surface area contributed by atoms with Crippen LogP contribution in [0.5, 0.6) is 0 Å². The fourth-order valence-electron chi connectivity index (χ4n) is 1.29. The van der Waals surface area contributed by atoms with Crippen LogP contribution in [-0.4, -0.2) is 10.8 Å². The number of halogens is 1. The Morgan fingerprint density at radius 3 is 3.38 bits per heavy atom. The van der Waals surface area contributed by atoms with Crippen LogP contribution in [0.25, 0.3) is 0 Å². The maximum absolute atomic E-state index is 4.30. The Labute approximate surface area is 85.9 Å². The quantitative estimate of drug-likeness (QED) is 0.505. The highest BCUT2D eigenvalue weighted by atomic mass is 79.9. The molecule has 1 atom stereocenters. The Morgan fingerprint density at radius 1 is 1.69 bits per heavy atom. The Hall–Kier alpha value is -1.01. The molecule has 13 heavy (non-hydrogen) atoms. The molecular weight excluding hydrogens is 228 g/mol. The molecule has 0 spiro atoms. The zero-order valence-corrected chi connectivity index (χ0v) is 8.85. The summed E-state index contributed by atoms with van der Waals surface area (Å²) in [6.45, 7) is 2.07. The fraction of sp³-hybridized carbons (Fsp3) is 0.300. The van der Waals surface area contributed by atoms with Crippen LogP contribution < -0.4 is 5.32 Å². The second-order valence-electron chi connectivity index (χ2n) is 3.02. The summed E-state index contributed by atoms with van der Waals surface area (Å²) in [4.78, 5) is 4.30. The second-order valence-corrected chi connectivity index (χ2v) is 3.77. The summed E-state index contributed by atoms with van der Waals surface area (Å²) in [5.41, 5.74) is 2.22. The first-order valence-corrected chi connectivity index (χ1v) is 4.92. The predicted octanol–water partition coefficient (Wildman–Crippen LogP) is 1.95. The van der Waals surface area contributed by atoms with E-state index in [9.17, 15) is 0 Å². The van der Waals surface area contributed by atoms with Crippen LogP contribution >= 0.6 is 15.9 Å². The number of aliphatic imine (C=N–C) groups is 1. The number of allylic oxidation sites excluding steroid dienone is 3. The SMILES string of the molecule is CC1=C/CC#CC2NC(Br)=N\C2=C\1. The molecule has 0 saturated carbocycles. The van der Waals surface area contributed by atoms with Gasteiger partial charge in [0.15, 0.2) is 4.74 Å². The topological polar surface area (TPSA) is 24.4 Å². The second kappa shape index (κ2) is 3.39. The molecule has 0 radical (unpaired) electrons. The molecule has 0 saturated heterocycles. The molecule has 3 heteroatoms. The molecule has 1 heterocycles. The van der Waals surface area contributed by atoms with Crippen LogP contribution in [0, 0.1) is 11.8 Å². The van der Waals surface area contributed by atoms with E-state index in [-0.39, 0.29) is 6.04 Å². The van der Waals surface area contributed by atoms with E-state index in [0.717, 1.165) is 16.9 Å². The number of nitrogens with zero attached hydrogens (tertiary/aromatic N) is 1. The monoisotopic (exact) mass is 236 g/mol. The minimum atomic E-state index is 0.0676. The van der Waals surface area contributed by atoms with E-state index in [4.69, 9.17) is 0 Å². The van der Waals surface area contributed by atoms with Crippen molar-refractivity contribution >= 4 is 20.7 Å². The van der Waals surface area contributed by atoms with Gasteiger partial charge < -0.3 is 5.32 Å². The van der Waals surface area contributed by atoms with Gasteiger partial charge in [0.2, 0.25) is 0 Å². The van der Waals surface area contributed by atoms with Gasteiger partial charge in [-0.05, 0) is 28.9 Å². The molecule has 0 aromatic carbocycles. The van der Waals surface area contributed by atoms with Gasteiger partial charge in [-0.3, -0.25) is 0 Å². The first-order chi connectivity index (χ1) is 6.25. The minimum absolute atomic E-state index is 0.0676. The lowest BCUT2D eigenvalue weighted by Gasteiger charge is -2.05. The average Bonchev–Trinajstić information content (AvgIpc) is 2.36. The summed E-state index contributed by atoms with van der Waals surface area (Å²) in [5, 5.41) is 3.14. The molecule has 2 nitrogen and oxygen atoms in total. The van der Waals surface area contributed by atoms with Gasteiger partial charge in [-0.2, -0.15) is 0 Å². The van der Waals surface area contributed by atoms with Gasteiger partial charge in [0.25, 0.3) is 0 Å². The summed E-state index contributed by atoms with van der Waals surface area (Å²) < 4.78 is 0.771. The van der Waals surface area contributed by atoms with E-state index in [1.807, 2.05) is 0 Å². The van der Waals surface area contributed by atoms with Crippen LogP contribution in [0.4, 0.5) is 0 Å². The molecule has 0 aromatic heterocycles. The number of hydrogen-bond acceptors (Lipinski definition) is 2. The van der Waals surface area contributed by atoms with E-state index < -0.39 is 0 Å². The lowest BCUT2D eigenvalue weighted by molar-refractivity contribution is 0.904. The highest BCUT2D eigenvalue weighted by molar-refractivity contribution is 9.18. The number of nitrogens with one attached hydrogen (secondary N) is 1. The minimum Gasteiger partial charge on any atom is -0.345 e. The van der Waals surface area contributed by atoms with Crippen molar-refractivity contribution in [2.75, 3.05) is 0 Å². The summed E-state index contributed by atoms with van der Waals surface area (Å²) >= 11 is 3.31. The van der Waals surface area contributed by atoms with E-state index in [1.165, 1.54) is 5.57 Å². The van der Waals surface area contributed by atoms with Gasteiger partial charge in [-0.1, -0.05) is 23.5 Å². The normalized spacial score (nSPS) is 33.1. The molecule has 1 N–H and O–H groups in total. The third kappa shape index (κ3) is 1.84. The number of amidine groups is 1. The maximum Gasteiger partial charge on any atom is 0.171 e. The van der Waals surface area contributed by atoms with Gasteiger partial charge in [0, 0.05) is 6.42 Å². The average molecular weight is 237 g/mol. The Bertz CT molecular complexity index is 379. The summed E-state index contributed by atoms with van der Waals surface area (Å²) in [6.07, 6.45) is 5.00. The van der Waals surface area contributed by atoms with Crippen molar-refractivity contribution in [3.8, 4) is 11.8 Å². The van der Waals surface area contributed by atoms with Gasteiger partial charge in [0.05, 0.1) is 5.70 Å². The Balaban J connectivity index is 2.39. The van der Waals surface area contributed by atoms with Gasteiger partial charge in [-0.25, -0.2) is 4.99 Å². The molecule has 0 aromatic rings. The van der Waals surface area contributed by atoms with E-state index in [1.54, 1.807) is 0 Å². The molecular formula is C10H9BrN2. The first-order valence-electron chi connectivity index (χ1n) is 4.13. The van der Waals surface area contributed by atoms with Crippen molar-refractivity contribution in [3.63, 3.8) is 0 Å². The van der Waals surface area contributed by atoms with Gasteiger partial charge in [-0.15, -0.1) is 0 Å². The molecule has 1 unspecified atom stereocenters. The highest BCUT2D eigenvalue weighted by Crippen LogP contribution is 2.17. The fourth-order valence-corrected chi connectivity index (χ4v) is 1.73. The third-order valence-corrected chi connectivity index (χ3v) is 2.34. The van der Waals surface area contributed by atoms with E-state index in [2.05, 4.69) is 57.2 Å². The Morgan fingerprint density at radius 2 is 2.54 bits per heavy atom. The maximum atomic E-state index is 4.30. The van der Waals surface area contributed by atoms with Crippen LogP contribution in [0.2, 0.25) is 0 Å². The number of hydrogen-bond donors (Lipinski definition) is 1. The van der Waals surface area contributed by atoms with Crippen LogP contribution in [0.3, 0.4) is 0 Å². The largest absolute Gasteiger partial charge is 0.345 e. The molecule has 2 rings (SSSR count). The molecule has 0 amide bonds. The lowest BCUT2D eigenvalue weighted by Crippen LogP contribution is -2.24. The third-order valence-electron chi connectivity index (χ3n) is 1.93. The van der Waals surface area contributed by atoms with Crippen molar-refractivity contribution in [1.82, 2.24) is 5.32 Å². The van der Waals surface area contributed by atoms with Crippen molar-refractivity contribution in [1.29, 1.82) is 0 Å². The van der Waals surface area contributed by atoms with Crippen LogP contribution in [-0.2, 0) is 0 Å². The molecule has 1 aliphatic heterocycles. The summed E-state index contributed by atoms with van der Waals surface area (Å²) in [5.74, 6) is 6.20.